The van der Waals surface area contributed by atoms with Gasteiger partial charge in [-0.3, -0.25) is 14.9 Å². The molecule has 1 aliphatic rings. The summed E-state index contributed by atoms with van der Waals surface area (Å²) in [6.07, 6.45) is 0. The predicted molar refractivity (Wildman–Crippen MR) is 105 cm³/mol. The van der Waals surface area contributed by atoms with Gasteiger partial charge in [0.2, 0.25) is 5.95 Å². The third-order valence-electron chi connectivity index (χ3n) is 4.46. The Morgan fingerprint density at radius 1 is 1.28 bits per heavy atom. The van der Waals surface area contributed by atoms with Gasteiger partial charge < -0.3 is 10.6 Å². The number of anilines is 2. The van der Waals surface area contributed by atoms with Gasteiger partial charge in [0.25, 0.3) is 11.6 Å². The molecule has 29 heavy (non-hydrogen) atoms. The van der Waals surface area contributed by atoms with E-state index in [2.05, 4.69) is 26.2 Å². The van der Waals surface area contributed by atoms with Crippen LogP contribution in [0.4, 0.5) is 17.3 Å². The van der Waals surface area contributed by atoms with Crippen LogP contribution in [0.1, 0.15) is 18.5 Å². The Labute approximate surface area is 169 Å². The number of fused-ring (bicyclic) bond motifs is 1. The number of non-ortho nitro benzene ring substituents is 1. The Bertz CT molecular complexity index is 1140. The normalized spacial score (nSPS) is 15.4. The largest absolute Gasteiger partial charge is 0.326 e. The summed E-state index contributed by atoms with van der Waals surface area (Å²) in [7, 11) is 0. The average Bonchev–Trinajstić information content (AvgIpc) is 3.16. The zero-order valence-corrected chi connectivity index (χ0v) is 15.8. The van der Waals surface area contributed by atoms with Crippen molar-refractivity contribution in [2.45, 2.75) is 13.0 Å². The zero-order valence-electron chi connectivity index (χ0n) is 15.0. The average molecular weight is 412 g/mol. The van der Waals surface area contributed by atoms with Gasteiger partial charge >= 0.3 is 0 Å². The summed E-state index contributed by atoms with van der Waals surface area (Å²) in [5.74, 6) is -0.0583. The van der Waals surface area contributed by atoms with E-state index >= 15 is 0 Å². The van der Waals surface area contributed by atoms with Crippen LogP contribution in [0.3, 0.4) is 0 Å². The van der Waals surface area contributed by atoms with Crippen LogP contribution in [-0.4, -0.2) is 31.0 Å². The van der Waals surface area contributed by atoms with Crippen LogP contribution < -0.4 is 10.6 Å². The maximum Gasteiger partial charge on any atom is 0.269 e. The van der Waals surface area contributed by atoms with Crippen molar-refractivity contribution in [2.75, 3.05) is 10.6 Å². The maximum atomic E-state index is 13.1. The summed E-state index contributed by atoms with van der Waals surface area (Å²) in [5, 5.41) is 29.1. The second kappa shape index (κ2) is 7.32. The second-order valence-corrected chi connectivity index (χ2v) is 6.76. The molecular formula is C18H14ClN7O3. The number of nitrogens with one attached hydrogen (secondary N) is 2. The summed E-state index contributed by atoms with van der Waals surface area (Å²) in [6, 6.07) is 12.0. The van der Waals surface area contributed by atoms with Crippen LogP contribution in [0.15, 0.2) is 59.8 Å². The Morgan fingerprint density at radius 3 is 2.76 bits per heavy atom. The highest BCUT2D eigenvalue weighted by Crippen LogP contribution is 2.36. The number of allylic oxidation sites excluding steroid dienone is 1. The van der Waals surface area contributed by atoms with Crippen LogP contribution in [-0.2, 0) is 4.79 Å². The van der Waals surface area contributed by atoms with E-state index in [1.165, 1.54) is 16.8 Å². The molecular weight excluding hydrogens is 398 g/mol. The molecule has 1 amide bonds. The lowest BCUT2D eigenvalue weighted by atomic mass is 9.94. The minimum absolute atomic E-state index is 0.0919. The molecule has 1 aliphatic heterocycles. The number of tetrazole rings is 1. The second-order valence-electron chi connectivity index (χ2n) is 6.33. The molecule has 1 aromatic heterocycles. The number of benzene rings is 2. The highest BCUT2D eigenvalue weighted by Gasteiger charge is 2.34. The van der Waals surface area contributed by atoms with E-state index in [9.17, 15) is 14.9 Å². The van der Waals surface area contributed by atoms with Crippen LogP contribution in [0.25, 0.3) is 0 Å². The van der Waals surface area contributed by atoms with Gasteiger partial charge in [0.1, 0.15) is 6.04 Å². The molecule has 0 saturated heterocycles. The van der Waals surface area contributed by atoms with Gasteiger partial charge in [0.05, 0.1) is 10.5 Å². The van der Waals surface area contributed by atoms with E-state index in [-0.39, 0.29) is 5.69 Å². The number of rotatable bonds is 4. The quantitative estimate of drug-likeness (QED) is 0.498. The summed E-state index contributed by atoms with van der Waals surface area (Å²) >= 11 is 5.89. The summed E-state index contributed by atoms with van der Waals surface area (Å²) in [4.78, 5) is 23.9. The molecule has 2 N–H and O–H groups in total. The van der Waals surface area contributed by atoms with Gasteiger partial charge in [-0.25, -0.2) is 0 Å². The highest BCUT2D eigenvalue weighted by molar-refractivity contribution is 6.30. The van der Waals surface area contributed by atoms with E-state index in [0.29, 0.717) is 33.5 Å². The lowest BCUT2D eigenvalue weighted by Crippen LogP contribution is -2.31. The standard InChI is InChI=1S/C18H14ClN7O3/c1-10-15(17(27)21-13-7-5-12(19)6-8-13)16(25-18(20-10)22-23-24-25)11-3-2-4-14(9-11)26(28)29/h2-9,16H,1H3,(H,21,27)(H,20,22,24)/t16-/m1/s1. The van der Waals surface area contributed by atoms with Crippen molar-refractivity contribution in [3.05, 3.63) is 80.5 Å². The first-order valence-corrected chi connectivity index (χ1v) is 8.89. The van der Waals surface area contributed by atoms with Gasteiger partial charge in [-0.1, -0.05) is 28.8 Å². The number of aromatic nitrogens is 4. The lowest BCUT2D eigenvalue weighted by molar-refractivity contribution is -0.384. The fourth-order valence-corrected chi connectivity index (χ4v) is 3.28. The molecule has 2 aromatic carbocycles. The molecule has 0 fully saturated rings. The topological polar surface area (TPSA) is 128 Å². The van der Waals surface area contributed by atoms with E-state index in [4.69, 9.17) is 11.6 Å². The van der Waals surface area contributed by atoms with Crippen LogP contribution in [0, 0.1) is 10.1 Å². The third-order valence-corrected chi connectivity index (χ3v) is 4.71. The van der Waals surface area contributed by atoms with Crippen molar-refractivity contribution >= 4 is 34.8 Å². The molecule has 0 aliphatic carbocycles. The SMILES string of the molecule is CC1=C(C(=O)Nc2ccc(Cl)cc2)[C@@H](c2cccc([N+](=O)[O-])c2)n2nnnc2N1. The first-order valence-electron chi connectivity index (χ1n) is 8.51. The van der Waals surface area contributed by atoms with E-state index < -0.39 is 16.9 Å². The van der Waals surface area contributed by atoms with Crippen LogP contribution in [0.2, 0.25) is 5.02 Å². The molecule has 10 nitrogen and oxygen atoms in total. The lowest BCUT2D eigenvalue weighted by Gasteiger charge is -2.27. The summed E-state index contributed by atoms with van der Waals surface area (Å²) in [5.41, 5.74) is 1.84. The fraction of sp³-hybridized carbons (Fsp3) is 0.111. The molecule has 4 rings (SSSR count). The van der Waals surface area contributed by atoms with Crippen molar-refractivity contribution in [3.8, 4) is 0 Å². The van der Waals surface area contributed by atoms with Gasteiger partial charge in [-0.2, -0.15) is 4.68 Å². The minimum atomic E-state index is -0.742. The minimum Gasteiger partial charge on any atom is -0.326 e. The number of hydrogen-bond acceptors (Lipinski definition) is 7. The van der Waals surface area contributed by atoms with Crippen molar-refractivity contribution in [2.24, 2.45) is 0 Å². The van der Waals surface area contributed by atoms with Crippen LogP contribution in [0.5, 0.6) is 0 Å². The first-order chi connectivity index (χ1) is 13.9. The fourth-order valence-electron chi connectivity index (χ4n) is 3.15. The molecule has 0 unspecified atom stereocenters. The number of nitrogens with zero attached hydrogens (tertiary/aromatic N) is 5. The van der Waals surface area contributed by atoms with Crippen LogP contribution >= 0.6 is 11.6 Å². The summed E-state index contributed by atoms with van der Waals surface area (Å²) in [6.45, 7) is 1.72. The van der Waals surface area contributed by atoms with Crippen molar-refractivity contribution in [1.29, 1.82) is 0 Å². The first kappa shape index (κ1) is 18.6. The maximum absolute atomic E-state index is 13.1. The monoisotopic (exact) mass is 411 g/mol. The Kier molecular flexibility index (Phi) is 4.69. The Morgan fingerprint density at radius 2 is 2.03 bits per heavy atom. The van der Waals surface area contributed by atoms with E-state index in [1.807, 2.05) is 0 Å². The number of halogens is 1. The van der Waals surface area contributed by atoms with E-state index in [1.54, 1.807) is 43.3 Å². The Balaban J connectivity index is 1.77. The molecule has 11 heteroatoms. The number of nitro benzene ring substituents is 1. The molecule has 0 spiro atoms. The van der Waals surface area contributed by atoms with Gasteiger partial charge in [0.15, 0.2) is 0 Å². The molecule has 3 aromatic rings. The Hall–Kier alpha value is -3.79. The number of carbonyl (C=O) groups excluding carboxylic acids is 1. The summed E-state index contributed by atoms with van der Waals surface area (Å²) < 4.78 is 1.42. The number of amides is 1. The van der Waals surface area contributed by atoms with Gasteiger partial charge in [-0.05, 0) is 47.2 Å². The molecule has 0 radical (unpaired) electrons. The molecule has 0 saturated carbocycles. The number of hydrogen-bond donors (Lipinski definition) is 2. The van der Waals surface area contributed by atoms with Gasteiger partial charge in [-0.15, -0.1) is 0 Å². The molecule has 2 heterocycles. The van der Waals surface area contributed by atoms with Crippen molar-refractivity contribution in [3.63, 3.8) is 0 Å². The molecule has 146 valence electrons. The molecule has 1 atom stereocenters. The number of nitro groups is 1. The predicted octanol–water partition coefficient (Wildman–Crippen LogP) is 3.16. The van der Waals surface area contributed by atoms with Crippen molar-refractivity contribution in [1.82, 2.24) is 20.2 Å². The smallest absolute Gasteiger partial charge is 0.269 e. The number of carbonyl (C=O) groups is 1. The van der Waals surface area contributed by atoms with E-state index in [0.717, 1.165) is 0 Å². The zero-order chi connectivity index (χ0) is 20.5. The van der Waals surface area contributed by atoms with Gasteiger partial charge in [0, 0.05) is 28.5 Å². The molecule has 0 bridgehead atoms. The highest BCUT2D eigenvalue weighted by atomic mass is 35.5. The third kappa shape index (κ3) is 3.52. The van der Waals surface area contributed by atoms with Crippen molar-refractivity contribution < 1.29 is 9.72 Å².